The summed E-state index contributed by atoms with van der Waals surface area (Å²) in [5.41, 5.74) is 1.69. The van der Waals surface area contributed by atoms with Gasteiger partial charge in [0, 0.05) is 6.54 Å². The summed E-state index contributed by atoms with van der Waals surface area (Å²) < 4.78 is 16.5. The first-order valence-corrected chi connectivity index (χ1v) is 11.8. The molecule has 0 radical (unpaired) electrons. The summed E-state index contributed by atoms with van der Waals surface area (Å²) in [5, 5.41) is 9.48. The molecule has 0 aliphatic carbocycles. The highest BCUT2D eigenvalue weighted by Crippen LogP contribution is 2.36. The van der Waals surface area contributed by atoms with Crippen LogP contribution < -0.4 is 10.2 Å². The van der Waals surface area contributed by atoms with Gasteiger partial charge in [0.25, 0.3) is 5.91 Å². The SMILES string of the molecule is Cc1ccc(CNC(=O)[C@]2(C)Cn3nc(-c4cccs4)cc3C(=O)N2c2ccccc2F)cc1. The Morgan fingerprint density at radius 2 is 1.91 bits per heavy atom. The molecule has 8 heteroatoms. The predicted octanol–water partition coefficient (Wildman–Crippen LogP) is 4.79. The van der Waals surface area contributed by atoms with Gasteiger partial charge < -0.3 is 5.32 Å². The molecule has 0 saturated carbocycles. The van der Waals surface area contributed by atoms with Crippen LogP contribution in [0.4, 0.5) is 10.1 Å². The second-order valence-corrected chi connectivity index (χ2v) is 9.53. The summed E-state index contributed by atoms with van der Waals surface area (Å²) in [6.07, 6.45) is 0. The number of hydrogen-bond acceptors (Lipinski definition) is 4. The maximum Gasteiger partial charge on any atom is 0.277 e. The number of halogens is 1. The van der Waals surface area contributed by atoms with Crippen LogP contribution in [0.1, 0.15) is 28.5 Å². The number of benzene rings is 2. The van der Waals surface area contributed by atoms with Gasteiger partial charge in [-0.15, -0.1) is 11.3 Å². The Balaban J connectivity index is 1.54. The Bertz CT molecular complexity index is 1360. The third-order valence-corrected chi connectivity index (χ3v) is 6.98. The monoisotopic (exact) mass is 474 g/mol. The number of fused-ring (bicyclic) bond motifs is 1. The van der Waals surface area contributed by atoms with Crippen LogP contribution in [0.5, 0.6) is 0 Å². The molecule has 5 rings (SSSR count). The van der Waals surface area contributed by atoms with Gasteiger partial charge in [0.15, 0.2) is 0 Å². The zero-order valence-corrected chi connectivity index (χ0v) is 19.6. The van der Waals surface area contributed by atoms with Crippen molar-refractivity contribution >= 4 is 28.8 Å². The number of nitrogens with one attached hydrogen (secondary N) is 1. The van der Waals surface area contributed by atoms with E-state index >= 15 is 0 Å². The van der Waals surface area contributed by atoms with Crippen molar-refractivity contribution in [3.63, 3.8) is 0 Å². The van der Waals surface area contributed by atoms with Crippen LogP contribution in [0.15, 0.2) is 72.1 Å². The first-order valence-electron chi connectivity index (χ1n) is 10.9. The van der Waals surface area contributed by atoms with E-state index in [1.165, 1.54) is 28.4 Å². The minimum atomic E-state index is -1.39. The zero-order chi connectivity index (χ0) is 23.9. The smallest absolute Gasteiger partial charge is 0.277 e. The standard InChI is InChI=1S/C26H23FN4O2S/c1-17-9-11-18(12-10-17)15-28-25(33)26(2)16-30-22(14-20(29-30)23-8-5-13-34-23)24(32)31(26)21-7-4-3-6-19(21)27/h3-14H,15-16H2,1-2H3,(H,28,33)/t26-/m0/s1. The number of aryl methyl sites for hydroxylation is 1. The Morgan fingerprint density at radius 3 is 2.62 bits per heavy atom. The van der Waals surface area contributed by atoms with E-state index < -0.39 is 17.3 Å². The third kappa shape index (κ3) is 3.80. The van der Waals surface area contributed by atoms with Crippen LogP contribution in [-0.4, -0.2) is 27.1 Å². The number of nitrogens with zero attached hydrogens (tertiary/aromatic N) is 3. The second-order valence-electron chi connectivity index (χ2n) is 8.58. The fourth-order valence-electron chi connectivity index (χ4n) is 4.22. The van der Waals surface area contributed by atoms with Crippen molar-refractivity contribution in [3.8, 4) is 10.6 Å². The van der Waals surface area contributed by atoms with Gasteiger partial charge in [0.2, 0.25) is 5.91 Å². The molecule has 4 aromatic rings. The molecule has 6 nitrogen and oxygen atoms in total. The lowest BCUT2D eigenvalue weighted by molar-refractivity contribution is -0.126. The van der Waals surface area contributed by atoms with Crippen molar-refractivity contribution in [2.45, 2.75) is 32.5 Å². The molecule has 3 heterocycles. The van der Waals surface area contributed by atoms with Gasteiger partial charge >= 0.3 is 0 Å². The normalized spacial score (nSPS) is 17.5. The highest BCUT2D eigenvalue weighted by molar-refractivity contribution is 7.13. The molecule has 0 fully saturated rings. The molecule has 172 valence electrons. The van der Waals surface area contributed by atoms with Crippen LogP contribution in [-0.2, 0) is 17.9 Å². The van der Waals surface area contributed by atoms with E-state index in [0.29, 0.717) is 17.9 Å². The van der Waals surface area contributed by atoms with Crippen LogP contribution in [0.3, 0.4) is 0 Å². The summed E-state index contributed by atoms with van der Waals surface area (Å²) in [5.74, 6) is -1.43. The Kier molecular flexibility index (Phi) is 5.53. The molecule has 1 N–H and O–H groups in total. The number of carbonyl (C=O) groups excluding carboxylic acids is 2. The van der Waals surface area contributed by atoms with E-state index in [1.54, 1.807) is 29.8 Å². The lowest BCUT2D eigenvalue weighted by atomic mass is 9.93. The summed E-state index contributed by atoms with van der Waals surface area (Å²) in [6.45, 7) is 4.03. The Morgan fingerprint density at radius 1 is 1.15 bits per heavy atom. The van der Waals surface area contributed by atoms with Crippen molar-refractivity contribution in [2.75, 3.05) is 4.90 Å². The maximum absolute atomic E-state index is 14.9. The number of anilines is 1. The first kappa shape index (κ1) is 22.0. The number of amides is 2. The van der Waals surface area contributed by atoms with Crippen LogP contribution in [0, 0.1) is 12.7 Å². The molecule has 1 atom stereocenters. The van der Waals surface area contributed by atoms with Crippen LogP contribution in [0.2, 0.25) is 0 Å². The van der Waals surface area contributed by atoms with E-state index in [0.717, 1.165) is 16.0 Å². The zero-order valence-electron chi connectivity index (χ0n) is 18.8. The fraction of sp³-hybridized carbons (Fsp3) is 0.192. The van der Waals surface area contributed by atoms with Crippen LogP contribution in [0.25, 0.3) is 10.6 Å². The summed E-state index contributed by atoms with van der Waals surface area (Å²) in [6, 6.07) is 19.4. The maximum atomic E-state index is 14.9. The molecular weight excluding hydrogens is 451 g/mol. The topological polar surface area (TPSA) is 67.2 Å². The summed E-state index contributed by atoms with van der Waals surface area (Å²) in [7, 11) is 0. The average molecular weight is 475 g/mol. The molecule has 0 spiro atoms. The van der Waals surface area contributed by atoms with Gasteiger partial charge in [-0.05, 0) is 49.1 Å². The van der Waals surface area contributed by atoms with Gasteiger partial charge in [0.1, 0.15) is 22.7 Å². The van der Waals surface area contributed by atoms with Crippen molar-refractivity contribution in [3.05, 3.63) is 94.7 Å². The average Bonchev–Trinajstić information content (AvgIpc) is 3.50. The molecule has 2 aromatic carbocycles. The number of aromatic nitrogens is 2. The quantitative estimate of drug-likeness (QED) is 0.452. The Hall–Kier alpha value is -3.78. The number of rotatable bonds is 5. The molecule has 0 bridgehead atoms. The molecule has 1 aliphatic heterocycles. The second kappa shape index (κ2) is 8.53. The minimum absolute atomic E-state index is 0.0607. The summed E-state index contributed by atoms with van der Waals surface area (Å²) >= 11 is 1.51. The van der Waals surface area contributed by atoms with Crippen LogP contribution >= 0.6 is 11.3 Å². The van der Waals surface area contributed by atoms with E-state index in [9.17, 15) is 14.0 Å². The largest absolute Gasteiger partial charge is 0.350 e. The molecule has 1 aliphatic rings. The molecule has 2 aromatic heterocycles. The van der Waals surface area contributed by atoms with E-state index in [-0.39, 0.29) is 18.1 Å². The number of carbonyl (C=O) groups is 2. The molecular formula is C26H23FN4O2S. The van der Waals surface area contributed by atoms with Crippen molar-refractivity contribution in [2.24, 2.45) is 0 Å². The fourth-order valence-corrected chi connectivity index (χ4v) is 4.90. The lowest BCUT2D eigenvalue weighted by Crippen LogP contribution is -2.64. The third-order valence-electron chi connectivity index (χ3n) is 6.08. The van der Waals surface area contributed by atoms with Gasteiger partial charge in [-0.3, -0.25) is 19.2 Å². The highest BCUT2D eigenvalue weighted by Gasteiger charge is 2.49. The molecule has 0 saturated heterocycles. The van der Waals surface area contributed by atoms with Crippen molar-refractivity contribution in [1.82, 2.24) is 15.1 Å². The predicted molar refractivity (Wildman–Crippen MR) is 130 cm³/mol. The minimum Gasteiger partial charge on any atom is -0.350 e. The van der Waals surface area contributed by atoms with Crippen molar-refractivity contribution in [1.29, 1.82) is 0 Å². The number of para-hydroxylation sites is 1. The molecule has 0 unspecified atom stereocenters. The van der Waals surface area contributed by atoms with E-state index in [4.69, 9.17) is 0 Å². The van der Waals surface area contributed by atoms with E-state index in [2.05, 4.69) is 10.4 Å². The van der Waals surface area contributed by atoms with E-state index in [1.807, 2.05) is 48.7 Å². The Labute approximate surface area is 200 Å². The van der Waals surface area contributed by atoms with Gasteiger partial charge in [-0.2, -0.15) is 5.10 Å². The lowest BCUT2D eigenvalue weighted by Gasteiger charge is -2.43. The summed E-state index contributed by atoms with van der Waals surface area (Å²) in [4.78, 5) is 29.5. The van der Waals surface area contributed by atoms with Crippen molar-refractivity contribution < 1.29 is 14.0 Å². The number of thiophene rings is 1. The van der Waals surface area contributed by atoms with Gasteiger partial charge in [0.05, 0.1) is 17.1 Å². The number of hydrogen-bond donors (Lipinski definition) is 1. The molecule has 2 amide bonds. The molecule has 34 heavy (non-hydrogen) atoms. The van der Waals surface area contributed by atoms with Gasteiger partial charge in [-0.25, -0.2) is 4.39 Å². The van der Waals surface area contributed by atoms with Gasteiger partial charge in [-0.1, -0.05) is 48.0 Å². The first-order chi connectivity index (χ1) is 16.4. The highest BCUT2D eigenvalue weighted by atomic mass is 32.1.